The molecule has 2 atom stereocenters. The zero-order valence-electron chi connectivity index (χ0n) is 10.1. The van der Waals surface area contributed by atoms with Gasteiger partial charge in [-0.05, 0) is 11.3 Å². The number of nitrogens with zero attached hydrogens (tertiary/aromatic N) is 2. The van der Waals surface area contributed by atoms with E-state index in [1.807, 2.05) is 4.90 Å². The van der Waals surface area contributed by atoms with Crippen molar-refractivity contribution < 1.29 is 4.79 Å². The molecule has 1 amide bonds. The quantitative estimate of drug-likeness (QED) is 0.697. The highest BCUT2D eigenvalue weighted by atomic mass is 16.2. The summed E-state index contributed by atoms with van der Waals surface area (Å²) in [5.74, 6) is 0.501. The molecule has 0 radical (unpaired) electrons. The third-order valence-electron chi connectivity index (χ3n) is 3.37. The lowest BCUT2D eigenvalue weighted by molar-refractivity contribution is -0.128. The predicted molar refractivity (Wildman–Crippen MR) is 58.9 cm³/mol. The molecule has 0 N–H and O–H groups in total. The number of carbonyl (C=O) groups excluding carboxylic acids is 1. The van der Waals surface area contributed by atoms with Gasteiger partial charge in [0, 0.05) is 19.5 Å². The van der Waals surface area contributed by atoms with Crippen LogP contribution < -0.4 is 0 Å². The predicted octanol–water partition coefficient (Wildman–Crippen LogP) is 2.04. The van der Waals surface area contributed by atoms with Crippen molar-refractivity contribution in [1.82, 2.24) is 4.90 Å². The van der Waals surface area contributed by atoms with Gasteiger partial charge in [0.1, 0.15) is 0 Å². The summed E-state index contributed by atoms with van der Waals surface area (Å²) < 4.78 is 0. The Morgan fingerprint density at radius 2 is 2.20 bits per heavy atom. The first-order chi connectivity index (χ1) is 6.84. The summed E-state index contributed by atoms with van der Waals surface area (Å²) in [5.41, 5.74) is 0.213. The molecule has 1 saturated heterocycles. The van der Waals surface area contributed by atoms with Gasteiger partial charge >= 0.3 is 0 Å². The van der Waals surface area contributed by atoms with Gasteiger partial charge in [0.2, 0.25) is 5.91 Å². The fourth-order valence-electron chi connectivity index (χ4n) is 1.64. The maximum absolute atomic E-state index is 11.6. The summed E-state index contributed by atoms with van der Waals surface area (Å²) in [6.45, 7) is 10.1. The van der Waals surface area contributed by atoms with E-state index in [1.165, 1.54) is 0 Å². The summed E-state index contributed by atoms with van der Waals surface area (Å²) in [6, 6.07) is 2.17. The Morgan fingerprint density at radius 1 is 1.60 bits per heavy atom. The molecule has 0 spiro atoms. The fourth-order valence-corrected chi connectivity index (χ4v) is 1.64. The van der Waals surface area contributed by atoms with Gasteiger partial charge in [0.05, 0.1) is 12.0 Å². The molecule has 3 nitrogen and oxygen atoms in total. The zero-order valence-corrected chi connectivity index (χ0v) is 10.1. The molecule has 0 aliphatic carbocycles. The van der Waals surface area contributed by atoms with Gasteiger partial charge in [-0.2, -0.15) is 5.26 Å². The fraction of sp³-hybridized carbons (Fsp3) is 0.833. The van der Waals surface area contributed by atoms with E-state index in [0.29, 0.717) is 18.9 Å². The van der Waals surface area contributed by atoms with Crippen LogP contribution in [0.5, 0.6) is 0 Å². The van der Waals surface area contributed by atoms with E-state index in [-0.39, 0.29) is 17.2 Å². The first kappa shape index (κ1) is 12.0. The molecule has 15 heavy (non-hydrogen) atoms. The van der Waals surface area contributed by atoms with Gasteiger partial charge in [-0.3, -0.25) is 4.79 Å². The van der Waals surface area contributed by atoms with Crippen molar-refractivity contribution in [2.45, 2.75) is 34.1 Å². The lowest BCUT2D eigenvalue weighted by Gasteiger charge is -2.31. The van der Waals surface area contributed by atoms with Crippen LogP contribution >= 0.6 is 0 Å². The highest BCUT2D eigenvalue weighted by molar-refractivity contribution is 5.79. The number of rotatable bonds is 2. The smallest absolute Gasteiger partial charge is 0.224 e. The standard InChI is InChI=1S/C12H20N2O/c1-9(12(2,3)4)7-14-8-10(6-13)5-11(14)15/h9-10H,5,7-8H2,1-4H3. The number of hydrogen-bond donors (Lipinski definition) is 0. The molecular weight excluding hydrogens is 188 g/mol. The Balaban J connectivity index is 2.54. The first-order valence-electron chi connectivity index (χ1n) is 5.52. The number of amides is 1. The lowest BCUT2D eigenvalue weighted by Crippen LogP contribution is -2.35. The average Bonchev–Trinajstić information content (AvgIpc) is 2.45. The molecule has 1 rings (SSSR count). The van der Waals surface area contributed by atoms with Crippen LogP contribution in [0.3, 0.4) is 0 Å². The highest BCUT2D eigenvalue weighted by Crippen LogP contribution is 2.28. The van der Waals surface area contributed by atoms with Crippen LogP contribution in [0.15, 0.2) is 0 Å². The van der Waals surface area contributed by atoms with Gasteiger partial charge in [-0.25, -0.2) is 0 Å². The van der Waals surface area contributed by atoms with Crippen molar-refractivity contribution in [3.05, 3.63) is 0 Å². The van der Waals surface area contributed by atoms with Crippen molar-refractivity contribution >= 4 is 5.91 Å². The second-order valence-corrected chi connectivity index (χ2v) is 5.60. The Hall–Kier alpha value is -1.04. The maximum Gasteiger partial charge on any atom is 0.224 e. The van der Waals surface area contributed by atoms with Crippen molar-refractivity contribution in [3.8, 4) is 6.07 Å². The minimum Gasteiger partial charge on any atom is -0.341 e. The minimum absolute atomic E-state index is 0.0929. The molecule has 0 bridgehead atoms. The number of hydrogen-bond acceptors (Lipinski definition) is 2. The van der Waals surface area contributed by atoms with E-state index in [1.54, 1.807) is 0 Å². The Bertz CT molecular complexity index is 285. The highest BCUT2D eigenvalue weighted by Gasteiger charge is 2.32. The molecule has 84 valence electrons. The largest absolute Gasteiger partial charge is 0.341 e. The van der Waals surface area contributed by atoms with Crippen molar-refractivity contribution in [2.24, 2.45) is 17.3 Å². The van der Waals surface area contributed by atoms with E-state index >= 15 is 0 Å². The normalized spacial score (nSPS) is 24.1. The molecule has 1 fully saturated rings. The second-order valence-electron chi connectivity index (χ2n) is 5.60. The van der Waals surface area contributed by atoms with E-state index in [4.69, 9.17) is 5.26 Å². The number of carbonyl (C=O) groups is 1. The van der Waals surface area contributed by atoms with Gasteiger partial charge in [0.25, 0.3) is 0 Å². The SMILES string of the molecule is CC(CN1CC(C#N)CC1=O)C(C)(C)C. The molecule has 3 heteroatoms. The van der Waals surface area contributed by atoms with Crippen LogP contribution in [0.4, 0.5) is 0 Å². The van der Waals surface area contributed by atoms with Crippen LogP contribution in [0.2, 0.25) is 0 Å². The van der Waals surface area contributed by atoms with Gasteiger partial charge in [-0.1, -0.05) is 27.7 Å². The van der Waals surface area contributed by atoms with Crippen molar-refractivity contribution in [3.63, 3.8) is 0 Å². The summed E-state index contributed by atoms with van der Waals surface area (Å²) in [5, 5.41) is 8.77. The minimum atomic E-state index is -0.0929. The summed E-state index contributed by atoms with van der Waals surface area (Å²) in [4.78, 5) is 13.4. The molecule has 2 unspecified atom stereocenters. The molecule has 0 aromatic rings. The molecular formula is C12H20N2O. The van der Waals surface area contributed by atoms with Crippen molar-refractivity contribution in [2.75, 3.05) is 13.1 Å². The van der Waals surface area contributed by atoms with E-state index in [0.717, 1.165) is 6.54 Å². The van der Waals surface area contributed by atoms with Crippen LogP contribution in [0.25, 0.3) is 0 Å². The Kier molecular flexibility index (Phi) is 3.38. The molecule has 1 heterocycles. The summed E-state index contributed by atoms with van der Waals surface area (Å²) in [7, 11) is 0. The van der Waals surface area contributed by atoms with E-state index in [2.05, 4.69) is 33.8 Å². The van der Waals surface area contributed by atoms with E-state index < -0.39 is 0 Å². The summed E-state index contributed by atoms with van der Waals surface area (Å²) >= 11 is 0. The van der Waals surface area contributed by atoms with Gasteiger partial charge < -0.3 is 4.90 Å². The van der Waals surface area contributed by atoms with Gasteiger partial charge in [0.15, 0.2) is 0 Å². The second kappa shape index (κ2) is 4.22. The number of nitriles is 1. The average molecular weight is 208 g/mol. The van der Waals surface area contributed by atoms with Crippen LogP contribution in [0.1, 0.15) is 34.1 Å². The Labute approximate surface area is 92.1 Å². The third-order valence-corrected chi connectivity index (χ3v) is 3.37. The lowest BCUT2D eigenvalue weighted by atomic mass is 9.82. The van der Waals surface area contributed by atoms with Gasteiger partial charge in [-0.15, -0.1) is 0 Å². The van der Waals surface area contributed by atoms with Crippen LogP contribution in [-0.2, 0) is 4.79 Å². The number of likely N-dealkylation sites (tertiary alicyclic amines) is 1. The maximum atomic E-state index is 11.6. The molecule has 0 saturated carbocycles. The monoisotopic (exact) mass is 208 g/mol. The first-order valence-corrected chi connectivity index (χ1v) is 5.52. The molecule has 0 aromatic carbocycles. The molecule has 1 aliphatic heterocycles. The topological polar surface area (TPSA) is 44.1 Å². The van der Waals surface area contributed by atoms with E-state index in [9.17, 15) is 4.79 Å². The Morgan fingerprint density at radius 3 is 2.60 bits per heavy atom. The molecule has 0 aromatic heterocycles. The van der Waals surface area contributed by atoms with Crippen molar-refractivity contribution in [1.29, 1.82) is 5.26 Å². The third kappa shape index (κ3) is 2.95. The summed E-state index contributed by atoms with van der Waals surface area (Å²) in [6.07, 6.45) is 0.410. The molecule has 1 aliphatic rings. The van der Waals surface area contributed by atoms with Crippen LogP contribution in [-0.4, -0.2) is 23.9 Å². The van der Waals surface area contributed by atoms with Crippen LogP contribution in [0, 0.1) is 28.6 Å². The zero-order chi connectivity index (χ0) is 11.6.